The Morgan fingerprint density at radius 3 is 2.67 bits per heavy atom. The van der Waals surface area contributed by atoms with Crippen LogP contribution in [0.25, 0.3) is 0 Å². The zero-order valence-corrected chi connectivity index (χ0v) is 12.2. The number of amides is 1. The Labute approximate surface area is 126 Å². The SMILES string of the molecule is CC(Sc1ccc(F)cc1)C(=O)Nc1cccc(C#N)c1. The number of halogens is 1. The van der Waals surface area contributed by atoms with Crippen molar-refractivity contribution < 1.29 is 9.18 Å². The van der Waals surface area contributed by atoms with Crippen LogP contribution in [0.5, 0.6) is 0 Å². The van der Waals surface area contributed by atoms with E-state index >= 15 is 0 Å². The Balaban J connectivity index is 1.99. The van der Waals surface area contributed by atoms with E-state index in [-0.39, 0.29) is 17.0 Å². The van der Waals surface area contributed by atoms with Crippen molar-refractivity contribution in [2.24, 2.45) is 0 Å². The highest BCUT2D eigenvalue weighted by Crippen LogP contribution is 2.24. The second kappa shape index (κ2) is 6.91. The molecule has 3 nitrogen and oxygen atoms in total. The van der Waals surface area contributed by atoms with Gasteiger partial charge in [0.05, 0.1) is 16.9 Å². The first-order valence-corrected chi connectivity index (χ1v) is 7.19. The van der Waals surface area contributed by atoms with Gasteiger partial charge in [-0.05, 0) is 49.4 Å². The summed E-state index contributed by atoms with van der Waals surface area (Å²) in [5.74, 6) is -0.468. The number of nitriles is 1. The van der Waals surface area contributed by atoms with E-state index in [9.17, 15) is 9.18 Å². The molecule has 0 fully saturated rings. The summed E-state index contributed by atoms with van der Waals surface area (Å²) in [7, 11) is 0. The number of nitrogens with zero attached hydrogens (tertiary/aromatic N) is 1. The van der Waals surface area contributed by atoms with Gasteiger partial charge < -0.3 is 5.32 Å². The zero-order valence-electron chi connectivity index (χ0n) is 11.3. The lowest BCUT2D eigenvalue weighted by molar-refractivity contribution is -0.115. The van der Waals surface area contributed by atoms with Gasteiger partial charge in [0.1, 0.15) is 5.82 Å². The molecule has 0 heterocycles. The fourth-order valence-electron chi connectivity index (χ4n) is 1.68. The quantitative estimate of drug-likeness (QED) is 0.873. The Morgan fingerprint density at radius 2 is 2.00 bits per heavy atom. The predicted molar refractivity (Wildman–Crippen MR) is 81.5 cm³/mol. The molecular formula is C16H13FN2OS. The smallest absolute Gasteiger partial charge is 0.237 e. The van der Waals surface area contributed by atoms with Gasteiger partial charge in [0.25, 0.3) is 0 Å². The lowest BCUT2D eigenvalue weighted by atomic mass is 10.2. The van der Waals surface area contributed by atoms with Crippen LogP contribution in [-0.4, -0.2) is 11.2 Å². The Morgan fingerprint density at radius 1 is 1.29 bits per heavy atom. The normalized spacial score (nSPS) is 11.5. The number of hydrogen-bond acceptors (Lipinski definition) is 3. The third-order valence-corrected chi connectivity index (χ3v) is 3.87. The van der Waals surface area contributed by atoms with E-state index < -0.39 is 0 Å². The fraction of sp³-hybridized carbons (Fsp3) is 0.125. The summed E-state index contributed by atoms with van der Waals surface area (Å²) in [4.78, 5) is 12.9. The fourth-order valence-corrected chi connectivity index (χ4v) is 2.55. The lowest BCUT2D eigenvalue weighted by Gasteiger charge is -2.12. The van der Waals surface area contributed by atoms with Crippen molar-refractivity contribution in [1.29, 1.82) is 5.26 Å². The minimum absolute atomic E-state index is 0.167. The van der Waals surface area contributed by atoms with Crippen molar-refractivity contribution in [2.75, 3.05) is 5.32 Å². The molecule has 0 bridgehead atoms. The molecule has 21 heavy (non-hydrogen) atoms. The predicted octanol–water partition coefficient (Wildman–Crippen LogP) is 3.82. The molecule has 2 rings (SSSR count). The molecule has 106 valence electrons. The lowest BCUT2D eigenvalue weighted by Crippen LogP contribution is -2.22. The number of thioether (sulfide) groups is 1. The molecule has 0 spiro atoms. The van der Waals surface area contributed by atoms with E-state index in [4.69, 9.17) is 5.26 Å². The van der Waals surface area contributed by atoms with Gasteiger partial charge in [-0.2, -0.15) is 5.26 Å². The molecule has 2 aromatic rings. The van der Waals surface area contributed by atoms with E-state index in [2.05, 4.69) is 5.32 Å². The number of carbonyl (C=O) groups excluding carboxylic acids is 1. The van der Waals surface area contributed by atoms with Crippen LogP contribution < -0.4 is 5.32 Å². The van der Waals surface area contributed by atoms with Gasteiger partial charge in [0.2, 0.25) is 5.91 Å². The maximum Gasteiger partial charge on any atom is 0.237 e. The second-order valence-electron chi connectivity index (χ2n) is 4.40. The van der Waals surface area contributed by atoms with Crippen LogP contribution in [0.2, 0.25) is 0 Å². The van der Waals surface area contributed by atoms with Crippen LogP contribution >= 0.6 is 11.8 Å². The molecule has 0 aliphatic heterocycles. The van der Waals surface area contributed by atoms with Crippen molar-refractivity contribution in [3.05, 3.63) is 59.9 Å². The summed E-state index contributed by atoms with van der Waals surface area (Å²) in [6, 6.07) is 14.8. The van der Waals surface area contributed by atoms with Crippen LogP contribution in [0.15, 0.2) is 53.4 Å². The number of benzene rings is 2. The molecule has 2 aromatic carbocycles. The first kappa shape index (κ1) is 15.1. The molecule has 0 saturated carbocycles. The summed E-state index contributed by atoms with van der Waals surface area (Å²) in [6.07, 6.45) is 0. The Bertz CT molecular complexity index is 679. The molecule has 0 aromatic heterocycles. The summed E-state index contributed by atoms with van der Waals surface area (Å²) in [5.41, 5.74) is 1.08. The third-order valence-electron chi connectivity index (χ3n) is 2.75. The summed E-state index contributed by atoms with van der Waals surface area (Å²) in [5, 5.41) is 11.3. The highest BCUT2D eigenvalue weighted by molar-refractivity contribution is 8.00. The molecule has 0 aliphatic rings. The highest BCUT2D eigenvalue weighted by Gasteiger charge is 2.14. The summed E-state index contributed by atoms with van der Waals surface area (Å²) in [6.45, 7) is 1.78. The number of nitrogens with one attached hydrogen (secondary N) is 1. The van der Waals surface area contributed by atoms with Crippen LogP contribution in [0.1, 0.15) is 12.5 Å². The van der Waals surface area contributed by atoms with Crippen molar-refractivity contribution in [2.45, 2.75) is 17.1 Å². The van der Waals surface area contributed by atoms with Crippen molar-refractivity contribution in [1.82, 2.24) is 0 Å². The van der Waals surface area contributed by atoms with Gasteiger partial charge in [-0.3, -0.25) is 4.79 Å². The van der Waals surface area contributed by atoms with Gasteiger partial charge in [-0.1, -0.05) is 6.07 Å². The van der Waals surface area contributed by atoms with Crippen LogP contribution in [-0.2, 0) is 4.79 Å². The standard InChI is InChI=1S/C16H13FN2OS/c1-11(21-15-7-5-13(17)6-8-15)16(20)19-14-4-2-3-12(9-14)10-18/h2-9,11H,1H3,(H,19,20). The zero-order chi connectivity index (χ0) is 15.2. The van der Waals surface area contributed by atoms with Crippen molar-refractivity contribution >= 4 is 23.4 Å². The number of hydrogen-bond donors (Lipinski definition) is 1. The maximum absolute atomic E-state index is 12.8. The van der Waals surface area contributed by atoms with E-state index in [1.165, 1.54) is 23.9 Å². The first-order chi connectivity index (χ1) is 10.1. The molecule has 1 N–H and O–H groups in total. The number of rotatable bonds is 4. The summed E-state index contributed by atoms with van der Waals surface area (Å²) < 4.78 is 12.8. The molecular weight excluding hydrogens is 287 g/mol. The minimum Gasteiger partial charge on any atom is -0.325 e. The molecule has 0 radical (unpaired) electrons. The monoisotopic (exact) mass is 300 g/mol. The average Bonchev–Trinajstić information content (AvgIpc) is 2.49. The van der Waals surface area contributed by atoms with Gasteiger partial charge in [0, 0.05) is 10.6 Å². The second-order valence-corrected chi connectivity index (χ2v) is 5.81. The van der Waals surface area contributed by atoms with Crippen molar-refractivity contribution in [3.63, 3.8) is 0 Å². The third kappa shape index (κ3) is 4.33. The molecule has 5 heteroatoms. The molecule has 1 atom stereocenters. The van der Waals surface area contributed by atoms with Crippen LogP contribution in [0.3, 0.4) is 0 Å². The van der Waals surface area contributed by atoms with Crippen LogP contribution in [0, 0.1) is 17.1 Å². The number of carbonyl (C=O) groups is 1. The average molecular weight is 300 g/mol. The molecule has 0 aliphatic carbocycles. The minimum atomic E-state index is -0.332. The van der Waals surface area contributed by atoms with Gasteiger partial charge in [-0.15, -0.1) is 11.8 Å². The Kier molecular flexibility index (Phi) is 4.96. The van der Waals surface area contributed by atoms with Crippen molar-refractivity contribution in [3.8, 4) is 6.07 Å². The van der Waals surface area contributed by atoms with E-state index in [0.717, 1.165) is 4.90 Å². The van der Waals surface area contributed by atoms with Gasteiger partial charge in [-0.25, -0.2) is 4.39 Å². The number of anilines is 1. The van der Waals surface area contributed by atoms with Crippen LogP contribution in [0.4, 0.5) is 10.1 Å². The molecule has 1 amide bonds. The molecule has 0 saturated heterocycles. The first-order valence-electron chi connectivity index (χ1n) is 6.32. The highest BCUT2D eigenvalue weighted by atomic mass is 32.2. The topological polar surface area (TPSA) is 52.9 Å². The van der Waals surface area contributed by atoms with E-state index in [1.54, 1.807) is 43.3 Å². The largest absolute Gasteiger partial charge is 0.325 e. The van der Waals surface area contributed by atoms with Gasteiger partial charge >= 0.3 is 0 Å². The Hall–Kier alpha value is -2.32. The van der Waals surface area contributed by atoms with Gasteiger partial charge in [0.15, 0.2) is 0 Å². The summed E-state index contributed by atoms with van der Waals surface area (Å²) >= 11 is 1.35. The maximum atomic E-state index is 12.8. The van der Waals surface area contributed by atoms with E-state index in [0.29, 0.717) is 11.3 Å². The van der Waals surface area contributed by atoms with E-state index in [1.807, 2.05) is 6.07 Å². The molecule has 1 unspecified atom stereocenters.